The molecule has 0 spiro atoms. The second-order valence-electron chi connectivity index (χ2n) is 2.51. The van der Waals surface area contributed by atoms with Crippen molar-refractivity contribution in [1.29, 1.82) is 5.26 Å². The van der Waals surface area contributed by atoms with Gasteiger partial charge in [0.15, 0.2) is 0 Å². The first-order valence-electron chi connectivity index (χ1n) is 3.79. The Hall–Kier alpha value is -1.37. The molecule has 0 radical (unpaired) electrons. The zero-order valence-electron chi connectivity index (χ0n) is 7.13. The summed E-state index contributed by atoms with van der Waals surface area (Å²) in [5, 5.41) is 12.3. The third-order valence-corrected chi connectivity index (χ3v) is 1.74. The van der Waals surface area contributed by atoms with Crippen LogP contribution in [-0.2, 0) is 13.0 Å². The molecule has 64 valence electrons. The maximum absolute atomic E-state index is 13.2. The summed E-state index contributed by atoms with van der Waals surface area (Å²) in [4.78, 5) is 0. The molecule has 0 atom stereocenters. The van der Waals surface area contributed by atoms with Crippen molar-refractivity contribution in [3.05, 3.63) is 17.2 Å². The zero-order valence-corrected chi connectivity index (χ0v) is 7.13. The summed E-state index contributed by atoms with van der Waals surface area (Å²) in [7, 11) is 0. The van der Waals surface area contributed by atoms with Crippen molar-refractivity contribution in [3.8, 4) is 6.07 Å². The number of hydrogen-bond donors (Lipinski definition) is 0. The average molecular weight is 167 g/mol. The Morgan fingerprint density at radius 3 is 2.75 bits per heavy atom. The van der Waals surface area contributed by atoms with Crippen molar-refractivity contribution in [2.24, 2.45) is 0 Å². The highest BCUT2D eigenvalue weighted by atomic mass is 19.1. The standard InChI is InChI=1S/C8H10FN3/c1-3-12-8(9)7(4-5-10)6(2)11-12/h3-4H2,1-2H3. The molecule has 1 aromatic rings. The molecule has 0 amide bonds. The van der Waals surface area contributed by atoms with E-state index >= 15 is 0 Å². The molecule has 0 fully saturated rings. The molecule has 0 unspecified atom stereocenters. The number of nitriles is 1. The van der Waals surface area contributed by atoms with Crippen LogP contribution in [0.15, 0.2) is 0 Å². The van der Waals surface area contributed by atoms with Gasteiger partial charge in [0.1, 0.15) is 0 Å². The Balaban J connectivity index is 3.11. The lowest BCUT2D eigenvalue weighted by Crippen LogP contribution is -2.00. The maximum Gasteiger partial charge on any atom is 0.215 e. The summed E-state index contributed by atoms with van der Waals surface area (Å²) in [5.74, 6) is -0.378. The third-order valence-electron chi connectivity index (χ3n) is 1.74. The quantitative estimate of drug-likeness (QED) is 0.668. The van der Waals surface area contributed by atoms with E-state index in [1.807, 2.05) is 13.0 Å². The Bertz CT molecular complexity index is 322. The minimum atomic E-state index is -0.378. The fourth-order valence-corrected chi connectivity index (χ4v) is 1.08. The first-order valence-corrected chi connectivity index (χ1v) is 3.79. The van der Waals surface area contributed by atoms with E-state index in [0.717, 1.165) is 0 Å². The second kappa shape index (κ2) is 3.35. The molecule has 1 heterocycles. The summed E-state index contributed by atoms with van der Waals surface area (Å²) in [6, 6.07) is 1.91. The van der Waals surface area contributed by atoms with Crippen LogP contribution in [0.2, 0.25) is 0 Å². The molecule has 0 bridgehead atoms. The second-order valence-corrected chi connectivity index (χ2v) is 2.51. The summed E-state index contributed by atoms with van der Waals surface area (Å²) in [6.07, 6.45) is 0.0949. The highest BCUT2D eigenvalue weighted by Gasteiger charge is 2.12. The van der Waals surface area contributed by atoms with Crippen molar-refractivity contribution in [1.82, 2.24) is 9.78 Å². The molecule has 0 saturated carbocycles. The molecule has 1 rings (SSSR count). The molecular formula is C8H10FN3. The van der Waals surface area contributed by atoms with Gasteiger partial charge in [-0.3, -0.25) is 0 Å². The van der Waals surface area contributed by atoms with Gasteiger partial charge in [-0.15, -0.1) is 0 Å². The van der Waals surface area contributed by atoms with Crippen molar-refractivity contribution in [2.45, 2.75) is 26.8 Å². The van der Waals surface area contributed by atoms with Gasteiger partial charge in [-0.1, -0.05) is 0 Å². The van der Waals surface area contributed by atoms with Gasteiger partial charge in [-0.2, -0.15) is 14.8 Å². The minimum Gasteiger partial charge on any atom is -0.239 e. The molecule has 0 aliphatic rings. The molecule has 0 saturated heterocycles. The Morgan fingerprint density at radius 1 is 1.67 bits per heavy atom. The predicted molar refractivity (Wildman–Crippen MR) is 41.9 cm³/mol. The van der Waals surface area contributed by atoms with Crippen LogP contribution in [-0.4, -0.2) is 9.78 Å². The fourth-order valence-electron chi connectivity index (χ4n) is 1.08. The summed E-state index contributed by atoms with van der Waals surface area (Å²) in [5.41, 5.74) is 1.02. The normalized spacial score (nSPS) is 9.83. The molecular weight excluding hydrogens is 157 g/mol. The average Bonchev–Trinajstić information content (AvgIpc) is 2.32. The smallest absolute Gasteiger partial charge is 0.215 e. The minimum absolute atomic E-state index is 0.0949. The number of nitrogens with zero attached hydrogens (tertiary/aromatic N) is 3. The van der Waals surface area contributed by atoms with Gasteiger partial charge in [0.2, 0.25) is 5.95 Å². The zero-order chi connectivity index (χ0) is 9.14. The number of aryl methyl sites for hydroxylation is 2. The summed E-state index contributed by atoms with van der Waals surface area (Å²) < 4.78 is 14.5. The van der Waals surface area contributed by atoms with Crippen molar-refractivity contribution >= 4 is 0 Å². The van der Waals surface area contributed by atoms with Gasteiger partial charge in [-0.05, 0) is 13.8 Å². The summed E-state index contributed by atoms with van der Waals surface area (Å²) >= 11 is 0. The molecule has 12 heavy (non-hydrogen) atoms. The van der Waals surface area contributed by atoms with Crippen LogP contribution in [0.5, 0.6) is 0 Å². The van der Waals surface area contributed by atoms with Crippen LogP contribution in [0.1, 0.15) is 18.2 Å². The van der Waals surface area contributed by atoms with Gasteiger partial charge in [-0.25, -0.2) is 4.68 Å². The molecule has 0 aliphatic carbocycles. The molecule has 4 heteroatoms. The topological polar surface area (TPSA) is 41.6 Å². The number of rotatable bonds is 2. The Morgan fingerprint density at radius 2 is 2.33 bits per heavy atom. The Kier molecular flexibility index (Phi) is 2.44. The van der Waals surface area contributed by atoms with Crippen LogP contribution in [0.25, 0.3) is 0 Å². The largest absolute Gasteiger partial charge is 0.239 e. The highest BCUT2D eigenvalue weighted by Crippen LogP contribution is 2.11. The lowest BCUT2D eigenvalue weighted by atomic mass is 10.2. The van der Waals surface area contributed by atoms with E-state index in [-0.39, 0.29) is 12.4 Å². The van der Waals surface area contributed by atoms with Crippen molar-refractivity contribution in [2.75, 3.05) is 0 Å². The lowest BCUT2D eigenvalue weighted by Gasteiger charge is -1.93. The van der Waals surface area contributed by atoms with Crippen LogP contribution in [0.3, 0.4) is 0 Å². The van der Waals surface area contributed by atoms with E-state index in [1.54, 1.807) is 6.92 Å². The number of halogens is 1. The van der Waals surface area contributed by atoms with Crippen molar-refractivity contribution in [3.63, 3.8) is 0 Å². The van der Waals surface area contributed by atoms with Gasteiger partial charge < -0.3 is 0 Å². The highest BCUT2D eigenvalue weighted by molar-refractivity contribution is 5.20. The maximum atomic E-state index is 13.2. The molecule has 1 aromatic heterocycles. The SMILES string of the molecule is CCn1nc(C)c(CC#N)c1F. The van der Waals surface area contributed by atoms with Gasteiger partial charge >= 0.3 is 0 Å². The molecule has 0 aromatic carbocycles. The first kappa shape index (κ1) is 8.72. The van der Waals surface area contributed by atoms with E-state index in [9.17, 15) is 4.39 Å². The first-order chi connectivity index (χ1) is 5.70. The van der Waals surface area contributed by atoms with Crippen LogP contribution in [0, 0.1) is 24.2 Å². The molecule has 0 N–H and O–H groups in total. The van der Waals surface area contributed by atoms with Gasteiger partial charge in [0.25, 0.3) is 0 Å². The predicted octanol–water partition coefficient (Wildman–Crippen LogP) is 1.42. The summed E-state index contributed by atoms with van der Waals surface area (Å²) in [6.45, 7) is 4.02. The van der Waals surface area contributed by atoms with E-state index in [4.69, 9.17) is 5.26 Å². The van der Waals surface area contributed by atoms with E-state index < -0.39 is 0 Å². The molecule has 3 nitrogen and oxygen atoms in total. The number of hydrogen-bond acceptors (Lipinski definition) is 2. The third kappa shape index (κ3) is 1.30. The van der Waals surface area contributed by atoms with Crippen LogP contribution >= 0.6 is 0 Å². The monoisotopic (exact) mass is 167 g/mol. The van der Waals surface area contributed by atoms with Crippen LogP contribution in [0.4, 0.5) is 4.39 Å². The van der Waals surface area contributed by atoms with Gasteiger partial charge in [0.05, 0.1) is 18.2 Å². The fraction of sp³-hybridized carbons (Fsp3) is 0.500. The lowest BCUT2D eigenvalue weighted by molar-refractivity contribution is 0.465. The van der Waals surface area contributed by atoms with Gasteiger partial charge in [0, 0.05) is 12.1 Å². The van der Waals surface area contributed by atoms with E-state index in [2.05, 4.69) is 5.10 Å². The Labute approximate surface area is 70.4 Å². The van der Waals surface area contributed by atoms with E-state index in [1.165, 1.54) is 4.68 Å². The van der Waals surface area contributed by atoms with Crippen molar-refractivity contribution < 1.29 is 4.39 Å². The van der Waals surface area contributed by atoms with E-state index in [0.29, 0.717) is 17.8 Å². The molecule has 0 aliphatic heterocycles. The van der Waals surface area contributed by atoms with Crippen LogP contribution < -0.4 is 0 Å². The number of aromatic nitrogens is 2.